The highest BCUT2D eigenvalue weighted by Crippen LogP contribution is 2.25. The molecular formula is C12H10FI. The lowest BCUT2D eigenvalue weighted by Crippen LogP contribution is -1.89. The minimum atomic E-state index is -0.0908. The maximum atomic E-state index is 13.8. The summed E-state index contributed by atoms with van der Waals surface area (Å²) in [5.41, 5.74) is 1.90. The van der Waals surface area contributed by atoms with Crippen molar-refractivity contribution >= 4 is 33.4 Å². The van der Waals surface area contributed by atoms with Crippen LogP contribution in [0.1, 0.15) is 11.1 Å². The molecule has 2 aromatic rings. The number of hydrogen-bond donors (Lipinski definition) is 0. The molecule has 0 bridgehead atoms. The predicted octanol–water partition coefficient (Wildman–Crippen LogP) is 4.20. The Morgan fingerprint density at radius 3 is 2.57 bits per heavy atom. The van der Waals surface area contributed by atoms with E-state index in [9.17, 15) is 4.39 Å². The highest BCUT2D eigenvalue weighted by atomic mass is 127. The lowest BCUT2D eigenvalue weighted by atomic mass is 10.0. The summed E-state index contributed by atoms with van der Waals surface area (Å²) >= 11 is 2.17. The summed E-state index contributed by atoms with van der Waals surface area (Å²) < 4.78 is 14.8. The van der Waals surface area contributed by atoms with Gasteiger partial charge >= 0.3 is 0 Å². The van der Waals surface area contributed by atoms with Gasteiger partial charge in [0, 0.05) is 8.96 Å². The second-order valence-electron chi connectivity index (χ2n) is 3.52. The Morgan fingerprint density at radius 1 is 1.14 bits per heavy atom. The first-order chi connectivity index (χ1) is 6.59. The summed E-state index contributed by atoms with van der Waals surface area (Å²) in [5.74, 6) is -0.0908. The van der Waals surface area contributed by atoms with Crippen LogP contribution < -0.4 is 0 Å². The standard InChI is InChI=1S/C12H10FI/c1-7-3-4-10-9(5-7)6-11(14)8(2)12(10)13/h3-6H,1-2H3. The van der Waals surface area contributed by atoms with Crippen molar-refractivity contribution < 1.29 is 4.39 Å². The van der Waals surface area contributed by atoms with Crippen LogP contribution in [0.4, 0.5) is 4.39 Å². The molecule has 0 aliphatic rings. The van der Waals surface area contributed by atoms with Crippen molar-refractivity contribution in [2.75, 3.05) is 0 Å². The van der Waals surface area contributed by atoms with Crippen LogP contribution in [0.5, 0.6) is 0 Å². The normalized spacial score (nSPS) is 10.9. The van der Waals surface area contributed by atoms with E-state index < -0.39 is 0 Å². The Labute approximate surface area is 96.3 Å². The number of halogens is 2. The molecule has 0 saturated heterocycles. The Balaban J connectivity index is 2.91. The van der Waals surface area contributed by atoms with Crippen LogP contribution in [0.25, 0.3) is 10.8 Å². The molecule has 0 aliphatic heterocycles. The number of aryl methyl sites for hydroxylation is 1. The van der Waals surface area contributed by atoms with Gasteiger partial charge in [0.1, 0.15) is 5.82 Å². The molecule has 0 atom stereocenters. The molecule has 0 aliphatic carbocycles. The molecule has 0 nitrogen and oxygen atoms in total. The van der Waals surface area contributed by atoms with Crippen molar-refractivity contribution in [1.82, 2.24) is 0 Å². The van der Waals surface area contributed by atoms with Crippen molar-refractivity contribution in [3.63, 3.8) is 0 Å². The van der Waals surface area contributed by atoms with Crippen LogP contribution in [0, 0.1) is 23.2 Å². The molecule has 0 fully saturated rings. The molecule has 0 spiro atoms. The van der Waals surface area contributed by atoms with E-state index in [-0.39, 0.29) is 5.82 Å². The molecule has 2 aromatic carbocycles. The molecule has 72 valence electrons. The first-order valence-corrected chi connectivity index (χ1v) is 5.52. The quantitative estimate of drug-likeness (QED) is 0.640. The van der Waals surface area contributed by atoms with E-state index in [4.69, 9.17) is 0 Å². The van der Waals surface area contributed by atoms with Crippen LogP contribution in [0.15, 0.2) is 24.3 Å². The molecule has 0 radical (unpaired) electrons. The summed E-state index contributed by atoms with van der Waals surface area (Å²) in [6, 6.07) is 7.84. The van der Waals surface area contributed by atoms with Crippen molar-refractivity contribution in [2.24, 2.45) is 0 Å². The van der Waals surface area contributed by atoms with Crippen LogP contribution in [-0.4, -0.2) is 0 Å². The third-order valence-electron chi connectivity index (χ3n) is 2.41. The van der Waals surface area contributed by atoms with Crippen molar-refractivity contribution in [1.29, 1.82) is 0 Å². The largest absolute Gasteiger partial charge is 0.206 e. The van der Waals surface area contributed by atoms with Gasteiger partial charge in [-0.2, -0.15) is 0 Å². The summed E-state index contributed by atoms with van der Waals surface area (Å²) in [4.78, 5) is 0. The van der Waals surface area contributed by atoms with Crippen LogP contribution >= 0.6 is 22.6 Å². The Morgan fingerprint density at radius 2 is 1.86 bits per heavy atom. The molecular weight excluding hydrogens is 290 g/mol. The van der Waals surface area contributed by atoms with E-state index in [1.807, 2.05) is 38.1 Å². The smallest absolute Gasteiger partial charge is 0.134 e. The fraction of sp³-hybridized carbons (Fsp3) is 0.167. The van der Waals surface area contributed by atoms with E-state index in [1.165, 1.54) is 0 Å². The third kappa shape index (κ3) is 1.52. The molecule has 0 heterocycles. The molecule has 2 heteroatoms. The monoisotopic (exact) mass is 300 g/mol. The van der Waals surface area contributed by atoms with Gasteiger partial charge in [0.25, 0.3) is 0 Å². The van der Waals surface area contributed by atoms with E-state index in [0.29, 0.717) is 5.39 Å². The Bertz CT molecular complexity index is 503. The van der Waals surface area contributed by atoms with Gasteiger partial charge < -0.3 is 0 Å². The van der Waals surface area contributed by atoms with Crippen LogP contribution in [0.3, 0.4) is 0 Å². The predicted molar refractivity (Wildman–Crippen MR) is 66.1 cm³/mol. The summed E-state index contributed by atoms with van der Waals surface area (Å²) in [7, 11) is 0. The molecule has 0 N–H and O–H groups in total. The van der Waals surface area contributed by atoms with Crippen molar-refractivity contribution in [2.45, 2.75) is 13.8 Å². The highest BCUT2D eigenvalue weighted by Gasteiger charge is 2.07. The zero-order chi connectivity index (χ0) is 10.3. The summed E-state index contributed by atoms with van der Waals surface area (Å²) in [6.07, 6.45) is 0. The average molecular weight is 300 g/mol. The van der Waals surface area contributed by atoms with E-state index in [1.54, 1.807) is 0 Å². The van der Waals surface area contributed by atoms with Gasteiger partial charge in [-0.25, -0.2) is 4.39 Å². The Hall–Kier alpha value is -0.640. The number of rotatable bonds is 0. The minimum absolute atomic E-state index is 0.0908. The summed E-state index contributed by atoms with van der Waals surface area (Å²) in [5, 5.41) is 1.70. The van der Waals surface area contributed by atoms with Gasteiger partial charge in [-0.15, -0.1) is 0 Å². The molecule has 2 rings (SSSR count). The topological polar surface area (TPSA) is 0 Å². The summed E-state index contributed by atoms with van der Waals surface area (Å²) in [6.45, 7) is 3.83. The lowest BCUT2D eigenvalue weighted by Gasteiger charge is -2.06. The van der Waals surface area contributed by atoms with Crippen molar-refractivity contribution in [3.8, 4) is 0 Å². The molecule has 0 aromatic heterocycles. The molecule has 0 saturated carbocycles. The lowest BCUT2D eigenvalue weighted by molar-refractivity contribution is 0.629. The Kier molecular flexibility index (Phi) is 2.47. The molecule has 0 unspecified atom stereocenters. The maximum Gasteiger partial charge on any atom is 0.134 e. The number of benzene rings is 2. The average Bonchev–Trinajstić information content (AvgIpc) is 2.14. The van der Waals surface area contributed by atoms with Gasteiger partial charge in [-0.05, 0) is 53.5 Å². The molecule has 0 amide bonds. The number of fused-ring (bicyclic) bond motifs is 1. The van der Waals surface area contributed by atoms with Crippen LogP contribution in [-0.2, 0) is 0 Å². The van der Waals surface area contributed by atoms with E-state index in [2.05, 4.69) is 22.6 Å². The van der Waals surface area contributed by atoms with Gasteiger partial charge in [-0.3, -0.25) is 0 Å². The first-order valence-electron chi connectivity index (χ1n) is 4.44. The highest BCUT2D eigenvalue weighted by molar-refractivity contribution is 14.1. The van der Waals surface area contributed by atoms with E-state index in [0.717, 1.165) is 20.1 Å². The minimum Gasteiger partial charge on any atom is -0.206 e. The van der Waals surface area contributed by atoms with Gasteiger partial charge in [0.15, 0.2) is 0 Å². The zero-order valence-corrected chi connectivity index (χ0v) is 10.2. The fourth-order valence-electron chi connectivity index (χ4n) is 1.55. The third-order valence-corrected chi connectivity index (χ3v) is 3.53. The molecule has 14 heavy (non-hydrogen) atoms. The second-order valence-corrected chi connectivity index (χ2v) is 4.68. The van der Waals surface area contributed by atoms with E-state index >= 15 is 0 Å². The van der Waals surface area contributed by atoms with Crippen molar-refractivity contribution in [3.05, 3.63) is 44.8 Å². The van der Waals surface area contributed by atoms with Crippen LogP contribution in [0.2, 0.25) is 0 Å². The van der Waals surface area contributed by atoms with Gasteiger partial charge in [-0.1, -0.05) is 23.8 Å². The first kappa shape index (κ1) is 9.90. The van der Waals surface area contributed by atoms with Gasteiger partial charge in [0.2, 0.25) is 0 Å². The van der Waals surface area contributed by atoms with Gasteiger partial charge in [0.05, 0.1) is 0 Å². The maximum absolute atomic E-state index is 13.8. The zero-order valence-electron chi connectivity index (χ0n) is 8.07. The fourth-order valence-corrected chi connectivity index (χ4v) is 2.13. The SMILES string of the molecule is Cc1ccc2c(F)c(C)c(I)cc2c1. The number of hydrogen-bond acceptors (Lipinski definition) is 0. The second kappa shape index (κ2) is 3.50.